The van der Waals surface area contributed by atoms with Gasteiger partial charge in [-0.3, -0.25) is 0 Å². The summed E-state index contributed by atoms with van der Waals surface area (Å²) in [4.78, 5) is 13.1. The number of rotatable bonds is 7. The molecule has 1 saturated heterocycles. The normalized spacial score (nSPS) is 15.7. The van der Waals surface area contributed by atoms with Gasteiger partial charge in [-0.25, -0.2) is 4.79 Å². The summed E-state index contributed by atoms with van der Waals surface area (Å²) in [5.41, 5.74) is 0.771. The Bertz CT molecular complexity index is 510. The molecule has 1 aliphatic rings. The molecule has 1 heterocycles. The lowest BCUT2D eigenvalue weighted by Gasteiger charge is -2.15. The molecule has 4 nitrogen and oxygen atoms in total. The van der Waals surface area contributed by atoms with Gasteiger partial charge in [0.1, 0.15) is 5.75 Å². The molecule has 1 aliphatic heterocycles. The maximum absolute atomic E-state index is 10.6. The average molecular weight is 354 g/mol. The monoisotopic (exact) mass is 353 g/mol. The minimum Gasteiger partial charge on any atom is -0.493 e. The number of halogens is 1. The fourth-order valence-electron chi connectivity index (χ4n) is 2.42. The van der Waals surface area contributed by atoms with Gasteiger partial charge < -0.3 is 14.7 Å². The van der Waals surface area contributed by atoms with Crippen LogP contribution in [-0.4, -0.2) is 42.2 Å². The van der Waals surface area contributed by atoms with Crippen molar-refractivity contribution in [1.82, 2.24) is 4.90 Å². The largest absolute Gasteiger partial charge is 0.493 e. The van der Waals surface area contributed by atoms with Gasteiger partial charge >= 0.3 is 5.97 Å². The van der Waals surface area contributed by atoms with Crippen molar-refractivity contribution in [3.63, 3.8) is 0 Å². The molecular weight excluding hydrogens is 334 g/mol. The fraction of sp³-hybridized carbons (Fsp3) is 0.438. The van der Waals surface area contributed by atoms with Crippen molar-refractivity contribution in [3.05, 3.63) is 34.3 Å². The van der Waals surface area contributed by atoms with Crippen LogP contribution in [0.2, 0.25) is 0 Å². The van der Waals surface area contributed by atoms with Gasteiger partial charge in [0.25, 0.3) is 0 Å². The van der Waals surface area contributed by atoms with Gasteiger partial charge in [0, 0.05) is 22.7 Å². The Morgan fingerprint density at radius 2 is 2.14 bits per heavy atom. The highest BCUT2D eigenvalue weighted by molar-refractivity contribution is 9.10. The van der Waals surface area contributed by atoms with E-state index in [0.717, 1.165) is 34.8 Å². The van der Waals surface area contributed by atoms with Gasteiger partial charge in [0.15, 0.2) is 0 Å². The summed E-state index contributed by atoms with van der Waals surface area (Å²) < 4.78 is 6.69. The molecule has 0 aromatic heterocycles. The van der Waals surface area contributed by atoms with E-state index in [9.17, 15) is 4.79 Å². The van der Waals surface area contributed by atoms with Crippen molar-refractivity contribution < 1.29 is 14.6 Å². The fourth-order valence-corrected chi connectivity index (χ4v) is 2.80. The highest BCUT2D eigenvalue weighted by atomic mass is 79.9. The van der Waals surface area contributed by atoms with E-state index < -0.39 is 5.97 Å². The van der Waals surface area contributed by atoms with Crippen molar-refractivity contribution in [2.45, 2.75) is 19.3 Å². The van der Waals surface area contributed by atoms with Gasteiger partial charge in [0.2, 0.25) is 0 Å². The maximum atomic E-state index is 10.6. The zero-order chi connectivity index (χ0) is 15.1. The number of ether oxygens (including phenoxy) is 1. The average Bonchev–Trinajstić information content (AvgIpc) is 2.96. The van der Waals surface area contributed by atoms with Gasteiger partial charge in [-0.1, -0.05) is 15.9 Å². The third-order valence-corrected chi connectivity index (χ3v) is 3.95. The number of carbonyl (C=O) groups is 1. The van der Waals surface area contributed by atoms with Crippen LogP contribution in [0.5, 0.6) is 5.75 Å². The second kappa shape index (κ2) is 8.20. The third kappa shape index (κ3) is 5.52. The number of carboxylic acids is 1. The Hall–Kier alpha value is -1.33. The first kappa shape index (κ1) is 16.0. The van der Waals surface area contributed by atoms with E-state index in [1.54, 1.807) is 6.08 Å². The molecule has 1 N–H and O–H groups in total. The first-order valence-corrected chi connectivity index (χ1v) is 8.00. The van der Waals surface area contributed by atoms with E-state index in [2.05, 4.69) is 20.8 Å². The van der Waals surface area contributed by atoms with Crippen LogP contribution in [0.15, 0.2) is 28.7 Å². The van der Waals surface area contributed by atoms with E-state index in [-0.39, 0.29) is 0 Å². The molecule has 0 atom stereocenters. The van der Waals surface area contributed by atoms with Crippen molar-refractivity contribution >= 4 is 28.0 Å². The Morgan fingerprint density at radius 1 is 1.38 bits per heavy atom. The van der Waals surface area contributed by atoms with Crippen LogP contribution >= 0.6 is 15.9 Å². The molecule has 0 spiro atoms. The summed E-state index contributed by atoms with van der Waals surface area (Å²) in [5.74, 6) is -0.243. The number of hydrogen-bond donors (Lipinski definition) is 1. The Morgan fingerprint density at radius 3 is 2.86 bits per heavy atom. The Labute approximate surface area is 133 Å². The number of benzene rings is 1. The summed E-state index contributed by atoms with van der Waals surface area (Å²) in [5, 5.41) is 8.73. The number of likely N-dealkylation sites (tertiary alicyclic amines) is 1. The van der Waals surface area contributed by atoms with Crippen LogP contribution in [0, 0.1) is 0 Å². The number of nitrogens with zero attached hydrogens (tertiary/aromatic N) is 1. The Balaban J connectivity index is 1.87. The van der Waals surface area contributed by atoms with Crippen molar-refractivity contribution in [3.8, 4) is 5.75 Å². The lowest BCUT2D eigenvalue weighted by molar-refractivity contribution is -0.131. The molecule has 0 bridgehead atoms. The number of hydrogen-bond acceptors (Lipinski definition) is 3. The second-order valence-corrected chi connectivity index (χ2v) is 6.02. The van der Waals surface area contributed by atoms with Crippen LogP contribution < -0.4 is 4.74 Å². The van der Waals surface area contributed by atoms with E-state index in [0.29, 0.717) is 6.61 Å². The molecule has 0 amide bonds. The summed E-state index contributed by atoms with van der Waals surface area (Å²) >= 11 is 3.39. The molecule has 5 heteroatoms. The highest BCUT2D eigenvalue weighted by Gasteiger charge is 2.10. The number of carboxylic acid groups (broad SMARTS) is 1. The highest BCUT2D eigenvalue weighted by Crippen LogP contribution is 2.24. The smallest absolute Gasteiger partial charge is 0.328 e. The quantitative estimate of drug-likeness (QED) is 0.602. The molecule has 0 aliphatic carbocycles. The van der Waals surface area contributed by atoms with Gasteiger partial charge in [-0.2, -0.15) is 0 Å². The predicted molar refractivity (Wildman–Crippen MR) is 86.6 cm³/mol. The van der Waals surface area contributed by atoms with Crippen LogP contribution in [0.4, 0.5) is 0 Å². The molecule has 1 aromatic rings. The zero-order valence-electron chi connectivity index (χ0n) is 11.9. The molecule has 1 fully saturated rings. The molecule has 1 aromatic carbocycles. The summed E-state index contributed by atoms with van der Waals surface area (Å²) in [6.07, 6.45) is 6.27. The SMILES string of the molecule is O=C(O)C=Cc1cc(Br)ccc1OCCCN1CCCC1. The van der Waals surface area contributed by atoms with Crippen LogP contribution in [0.3, 0.4) is 0 Å². The zero-order valence-corrected chi connectivity index (χ0v) is 13.5. The maximum Gasteiger partial charge on any atom is 0.328 e. The van der Waals surface area contributed by atoms with E-state index in [1.165, 1.54) is 25.9 Å². The minimum absolute atomic E-state index is 0.645. The van der Waals surface area contributed by atoms with Crippen LogP contribution in [0.1, 0.15) is 24.8 Å². The van der Waals surface area contributed by atoms with Crippen LogP contribution in [0.25, 0.3) is 6.08 Å². The van der Waals surface area contributed by atoms with Crippen LogP contribution in [-0.2, 0) is 4.79 Å². The first-order chi connectivity index (χ1) is 10.1. The summed E-state index contributed by atoms with van der Waals surface area (Å²) in [6, 6.07) is 5.62. The minimum atomic E-state index is -0.963. The van der Waals surface area contributed by atoms with E-state index >= 15 is 0 Å². The topological polar surface area (TPSA) is 49.8 Å². The molecule has 21 heavy (non-hydrogen) atoms. The lowest BCUT2D eigenvalue weighted by atomic mass is 10.2. The predicted octanol–water partition coefficient (Wildman–Crippen LogP) is 3.41. The lowest BCUT2D eigenvalue weighted by Crippen LogP contribution is -2.21. The summed E-state index contributed by atoms with van der Waals surface area (Å²) in [7, 11) is 0. The third-order valence-electron chi connectivity index (χ3n) is 3.45. The first-order valence-electron chi connectivity index (χ1n) is 7.21. The molecular formula is C16H20BrNO3. The van der Waals surface area contributed by atoms with Gasteiger partial charge in [-0.05, 0) is 56.6 Å². The number of aliphatic carboxylic acids is 1. The second-order valence-electron chi connectivity index (χ2n) is 5.10. The standard InChI is InChI=1S/C16H20BrNO3/c17-14-5-6-15(13(12-14)4-7-16(19)20)21-11-3-10-18-8-1-2-9-18/h4-7,12H,1-3,8-11H2,(H,19,20). The van der Waals surface area contributed by atoms with Gasteiger partial charge in [0.05, 0.1) is 6.61 Å². The Kier molecular flexibility index (Phi) is 6.26. The molecule has 2 rings (SSSR count). The summed E-state index contributed by atoms with van der Waals surface area (Å²) in [6.45, 7) is 4.11. The molecule has 0 unspecified atom stereocenters. The van der Waals surface area contributed by atoms with E-state index in [1.807, 2.05) is 18.2 Å². The molecule has 0 radical (unpaired) electrons. The van der Waals surface area contributed by atoms with Crippen molar-refractivity contribution in [2.24, 2.45) is 0 Å². The molecule has 114 valence electrons. The van der Waals surface area contributed by atoms with E-state index in [4.69, 9.17) is 9.84 Å². The molecule has 0 saturated carbocycles. The van der Waals surface area contributed by atoms with Gasteiger partial charge in [-0.15, -0.1) is 0 Å². The van der Waals surface area contributed by atoms with Crippen molar-refractivity contribution in [2.75, 3.05) is 26.2 Å². The van der Waals surface area contributed by atoms with Crippen molar-refractivity contribution in [1.29, 1.82) is 0 Å².